The quantitative estimate of drug-likeness (QED) is 0.110. The van der Waals surface area contributed by atoms with Gasteiger partial charge in [-0.2, -0.15) is 28.4 Å². The van der Waals surface area contributed by atoms with E-state index < -0.39 is 29.6 Å². The normalized spacial score (nSPS) is 11.9. The zero-order valence-corrected chi connectivity index (χ0v) is 26.1. The molecule has 0 aromatic heterocycles. The average Bonchev–Trinajstić information content (AvgIpc) is 2.95. The van der Waals surface area contributed by atoms with Gasteiger partial charge in [-0.05, 0) is 102 Å². The maximum Gasteiger partial charge on any atom is 0.364 e. The standard InChI is InChI=1S/C32H38F2N2O4S2/c1-22-8-5-6-9-27(22)29-18-23(10-11-28(29)31(37)35-30(12-15-42-4)32(38)40-39-2)20-36(13-7-14-41-3)21-24-16-25(33)19-26(34)17-24/h5-6,8-11,16-19,30H,7,12-15,20-21H2,1-4H3,(H,35,37)/t30-/m0/s1. The molecule has 1 N–H and O–H groups in total. The summed E-state index contributed by atoms with van der Waals surface area (Å²) in [5.74, 6) is -0.651. The molecule has 0 spiro atoms. The molecule has 0 aliphatic heterocycles. The summed E-state index contributed by atoms with van der Waals surface area (Å²) >= 11 is 3.31. The van der Waals surface area contributed by atoms with Crippen LogP contribution in [0.4, 0.5) is 8.78 Å². The van der Waals surface area contributed by atoms with Crippen molar-refractivity contribution in [1.82, 2.24) is 10.2 Å². The van der Waals surface area contributed by atoms with Crippen molar-refractivity contribution >= 4 is 35.4 Å². The third-order valence-electron chi connectivity index (χ3n) is 6.69. The van der Waals surface area contributed by atoms with Crippen LogP contribution in [0.2, 0.25) is 0 Å². The molecule has 10 heteroatoms. The van der Waals surface area contributed by atoms with Gasteiger partial charge in [-0.25, -0.2) is 13.6 Å². The maximum atomic E-state index is 13.9. The molecule has 3 aromatic carbocycles. The molecule has 1 atom stereocenters. The summed E-state index contributed by atoms with van der Waals surface area (Å²) in [6, 6.07) is 16.2. The number of halogens is 2. The number of amides is 1. The van der Waals surface area contributed by atoms with Gasteiger partial charge in [0.15, 0.2) is 0 Å². The van der Waals surface area contributed by atoms with E-state index in [0.717, 1.165) is 47.0 Å². The van der Waals surface area contributed by atoms with Gasteiger partial charge in [-0.15, -0.1) is 0 Å². The Kier molecular flexibility index (Phi) is 13.8. The van der Waals surface area contributed by atoms with Crippen LogP contribution in [0.5, 0.6) is 0 Å². The third kappa shape index (κ3) is 10.1. The first kappa shape index (κ1) is 33.6. The molecule has 6 nitrogen and oxygen atoms in total. The molecule has 0 aliphatic carbocycles. The van der Waals surface area contributed by atoms with Crippen LogP contribution >= 0.6 is 23.5 Å². The fraction of sp³-hybridized carbons (Fsp3) is 0.375. The number of nitrogens with one attached hydrogen (secondary N) is 1. The Bertz CT molecular complexity index is 1320. The third-order valence-corrected chi connectivity index (χ3v) is 8.03. The van der Waals surface area contributed by atoms with Gasteiger partial charge in [0.2, 0.25) is 0 Å². The smallest absolute Gasteiger partial charge is 0.338 e. The highest BCUT2D eigenvalue weighted by Gasteiger charge is 2.25. The largest absolute Gasteiger partial charge is 0.364 e. The van der Waals surface area contributed by atoms with Crippen LogP contribution in [-0.4, -0.2) is 60.5 Å². The van der Waals surface area contributed by atoms with Gasteiger partial charge in [-0.3, -0.25) is 14.6 Å². The highest BCUT2D eigenvalue weighted by molar-refractivity contribution is 7.98. The van der Waals surface area contributed by atoms with E-state index >= 15 is 0 Å². The molecule has 0 saturated heterocycles. The maximum absolute atomic E-state index is 13.9. The second kappa shape index (κ2) is 17.3. The van der Waals surface area contributed by atoms with Crippen LogP contribution in [0.25, 0.3) is 11.1 Å². The van der Waals surface area contributed by atoms with E-state index in [1.165, 1.54) is 19.2 Å². The second-order valence-corrected chi connectivity index (χ2v) is 11.9. The fourth-order valence-electron chi connectivity index (χ4n) is 4.71. The summed E-state index contributed by atoms with van der Waals surface area (Å²) in [6.07, 6.45) is 5.27. The number of aryl methyl sites for hydroxylation is 1. The minimum atomic E-state index is -0.868. The number of carbonyl (C=O) groups excluding carboxylic acids is 2. The Hall–Kier alpha value is -2.92. The lowest BCUT2D eigenvalue weighted by atomic mass is 9.93. The van der Waals surface area contributed by atoms with Crippen molar-refractivity contribution in [1.29, 1.82) is 0 Å². The average molecular weight is 617 g/mol. The Morgan fingerprint density at radius 1 is 0.905 bits per heavy atom. The van der Waals surface area contributed by atoms with Gasteiger partial charge in [0.1, 0.15) is 17.7 Å². The number of thioether (sulfide) groups is 2. The van der Waals surface area contributed by atoms with Crippen LogP contribution in [0.15, 0.2) is 60.7 Å². The Labute approximate surface area is 255 Å². The van der Waals surface area contributed by atoms with Crippen LogP contribution in [-0.2, 0) is 27.7 Å². The highest BCUT2D eigenvalue weighted by Crippen LogP contribution is 2.29. The zero-order chi connectivity index (χ0) is 30.5. The highest BCUT2D eigenvalue weighted by atomic mass is 32.2. The van der Waals surface area contributed by atoms with Crippen LogP contribution in [0.1, 0.15) is 39.9 Å². The number of carbonyl (C=O) groups is 2. The van der Waals surface area contributed by atoms with Crippen molar-refractivity contribution in [3.05, 3.63) is 94.6 Å². The van der Waals surface area contributed by atoms with Crippen LogP contribution < -0.4 is 5.32 Å². The van der Waals surface area contributed by atoms with Crippen molar-refractivity contribution in [3.63, 3.8) is 0 Å². The van der Waals surface area contributed by atoms with Crippen LogP contribution in [0.3, 0.4) is 0 Å². The number of benzene rings is 3. The molecular formula is C32H38F2N2O4S2. The van der Waals surface area contributed by atoms with Gasteiger partial charge < -0.3 is 5.32 Å². The first-order chi connectivity index (χ1) is 20.2. The van der Waals surface area contributed by atoms with Crippen molar-refractivity contribution in [2.24, 2.45) is 0 Å². The van der Waals surface area contributed by atoms with E-state index in [9.17, 15) is 18.4 Å². The molecule has 0 unspecified atom stereocenters. The molecule has 0 fully saturated rings. The van der Waals surface area contributed by atoms with E-state index in [1.54, 1.807) is 29.6 Å². The summed E-state index contributed by atoms with van der Waals surface area (Å²) in [5, 5.41) is 2.83. The van der Waals surface area contributed by atoms with E-state index in [2.05, 4.69) is 15.1 Å². The van der Waals surface area contributed by atoms with Crippen molar-refractivity contribution in [2.75, 3.05) is 37.7 Å². The van der Waals surface area contributed by atoms with E-state index in [-0.39, 0.29) is 0 Å². The van der Waals surface area contributed by atoms with Crippen molar-refractivity contribution < 1.29 is 28.1 Å². The number of rotatable bonds is 16. The monoisotopic (exact) mass is 616 g/mol. The Balaban J connectivity index is 1.95. The molecule has 0 saturated carbocycles. The molecule has 1 amide bonds. The predicted octanol–water partition coefficient (Wildman–Crippen LogP) is 6.65. The molecule has 3 aromatic rings. The molecule has 0 aliphatic rings. The summed E-state index contributed by atoms with van der Waals surface area (Å²) in [5.41, 5.74) is 4.55. The molecule has 0 heterocycles. The molecule has 0 bridgehead atoms. The number of hydrogen-bond acceptors (Lipinski definition) is 7. The van der Waals surface area contributed by atoms with E-state index in [1.807, 2.05) is 55.8 Å². The molecule has 3 rings (SSSR count). The topological polar surface area (TPSA) is 67.9 Å². The Morgan fingerprint density at radius 3 is 2.26 bits per heavy atom. The Morgan fingerprint density at radius 2 is 1.60 bits per heavy atom. The zero-order valence-electron chi connectivity index (χ0n) is 24.5. The minimum Gasteiger partial charge on any atom is -0.338 e. The van der Waals surface area contributed by atoms with Gasteiger partial charge in [0.05, 0.1) is 7.11 Å². The summed E-state index contributed by atoms with van der Waals surface area (Å²) in [7, 11) is 1.25. The van der Waals surface area contributed by atoms with Crippen molar-refractivity contribution in [3.8, 4) is 11.1 Å². The molecule has 226 valence electrons. The van der Waals surface area contributed by atoms with Crippen molar-refractivity contribution in [2.45, 2.75) is 38.9 Å². The van der Waals surface area contributed by atoms with Gasteiger partial charge in [0, 0.05) is 24.7 Å². The summed E-state index contributed by atoms with van der Waals surface area (Å²) in [6.45, 7) is 3.61. The number of hydrogen-bond donors (Lipinski definition) is 1. The summed E-state index contributed by atoms with van der Waals surface area (Å²) < 4.78 is 27.9. The first-order valence-corrected chi connectivity index (χ1v) is 16.4. The second-order valence-electron chi connectivity index (χ2n) is 9.91. The molecular weight excluding hydrogens is 578 g/mol. The lowest BCUT2D eigenvalue weighted by Gasteiger charge is -2.24. The molecule has 42 heavy (non-hydrogen) atoms. The number of nitrogens with zero attached hydrogens (tertiary/aromatic N) is 1. The van der Waals surface area contributed by atoms with E-state index in [0.29, 0.717) is 36.4 Å². The minimum absolute atomic E-state index is 0.379. The summed E-state index contributed by atoms with van der Waals surface area (Å²) in [4.78, 5) is 37.5. The fourth-order valence-corrected chi connectivity index (χ4v) is 5.60. The lowest BCUT2D eigenvalue weighted by molar-refractivity contribution is -0.256. The van der Waals surface area contributed by atoms with Crippen LogP contribution in [0, 0.1) is 18.6 Å². The van der Waals surface area contributed by atoms with Gasteiger partial charge >= 0.3 is 5.97 Å². The predicted molar refractivity (Wildman–Crippen MR) is 167 cm³/mol. The van der Waals surface area contributed by atoms with Gasteiger partial charge in [0.25, 0.3) is 5.91 Å². The van der Waals surface area contributed by atoms with E-state index in [4.69, 9.17) is 4.89 Å². The SMILES string of the molecule is COOC(=O)[C@H](CCSC)NC(=O)c1ccc(CN(CCCSC)Cc2cc(F)cc(F)c2)cc1-c1ccccc1C. The first-order valence-electron chi connectivity index (χ1n) is 13.6. The lowest BCUT2D eigenvalue weighted by Crippen LogP contribution is -2.42. The molecule has 0 radical (unpaired) electrons. The van der Waals surface area contributed by atoms with Gasteiger partial charge in [-0.1, -0.05) is 30.3 Å².